The number of hydrogen-bond acceptors (Lipinski definition) is 4. The number of benzene rings is 3. The van der Waals surface area contributed by atoms with E-state index in [0.717, 1.165) is 24.3 Å². The number of piperazine rings is 1. The minimum absolute atomic E-state index is 0.0784. The van der Waals surface area contributed by atoms with E-state index in [2.05, 4.69) is 10.2 Å². The smallest absolute Gasteiger partial charge is 0.291 e. The van der Waals surface area contributed by atoms with Crippen LogP contribution in [0.1, 0.15) is 15.9 Å². The number of hydrogen-bond donors (Lipinski definition) is 1. The lowest BCUT2D eigenvalue weighted by Crippen LogP contribution is -2.48. The average Bonchev–Trinajstić information content (AvgIpc) is 2.85. The Labute approximate surface area is 207 Å². The predicted octanol–water partition coefficient (Wildman–Crippen LogP) is 5.33. The Morgan fingerprint density at radius 2 is 1.68 bits per heavy atom. The van der Waals surface area contributed by atoms with E-state index in [-0.39, 0.29) is 17.6 Å². The van der Waals surface area contributed by atoms with Gasteiger partial charge in [0.1, 0.15) is 0 Å². The Balaban J connectivity index is 1.27. The van der Waals surface area contributed by atoms with Crippen molar-refractivity contribution in [2.24, 2.45) is 0 Å². The van der Waals surface area contributed by atoms with Gasteiger partial charge in [0.2, 0.25) is 0 Å². The van der Waals surface area contributed by atoms with Crippen LogP contribution < -0.4 is 15.0 Å². The second kappa shape index (κ2) is 9.41. The number of nitrogens with zero attached hydrogens (tertiary/aromatic N) is 2. The second-order valence-electron chi connectivity index (χ2n) is 8.09. The van der Waals surface area contributed by atoms with Gasteiger partial charge in [0.25, 0.3) is 11.8 Å². The summed E-state index contributed by atoms with van der Waals surface area (Å²) < 4.78 is 5.81. The molecule has 0 radical (unpaired) electrons. The summed E-state index contributed by atoms with van der Waals surface area (Å²) in [6.07, 6.45) is 1.65. The fourth-order valence-electron chi connectivity index (χ4n) is 4.03. The first kappa shape index (κ1) is 22.3. The largest absolute Gasteiger partial charge is 0.449 e. The number of amides is 2. The summed E-state index contributed by atoms with van der Waals surface area (Å²) in [6.45, 7) is 2.63. The van der Waals surface area contributed by atoms with Crippen LogP contribution in [0.4, 0.5) is 11.4 Å². The van der Waals surface area contributed by atoms with Gasteiger partial charge in [0.05, 0.1) is 5.69 Å². The summed E-state index contributed by atoms with van der Waals surface area (Å²) in [4.78, 5) is 29.7. The number of carbonyl (C=O) groups is 2. The van der Waals surface area contributed by atoms with Crippen molar-refractivity contribution < 1.29 is 14.3 Å². The Morgan fingerprint density at radius 3 is 2.41 bits per heavy atom. The molecule has 0 atom stereocenters. The van der Waals surface area contributed by atoms with Crippen LogP contribution in [0.3, 0.4) is 0 Å². The lowest BCUT2D eigenvalue weighted by atomic mass is 10.1. The van der Waals surface area contributed by atoms with Crippen LogP contribution in [-0.4, -0.2) is 42.9 Å². The first-order valence-electron chi connectivity index (χ1n) is 10.9. The van der Waals surface area contributed by atoms with E-state index in [1.807, 2.05) is 29.2 Å². The van der Waals surface area contributed by atoms with Crippen LogP contribution in [0.15, 0.2) is 72.5 Å². The van der Waals surface area contributed by atoms with E-state index in [1.54, 1.807) is 48.5 Å². The minimum Gasteiger partial charge on any atom is -0.449 e. The molecule has 0 aromatic heterocycles. The van der Waals surface area contributed by atoms with Crippen LogP contribution in [-0.2, 0) is 4.79 Å². The van der Waals surface area contributed by atoms with Gasteiger partial charge in [-0.1, -0.05) is 41.4 Å². The maximum atomic E-state index is 13.1. The van der Waals surface area contributed by atoms with Gasteiger partial charge in [0, 0.05) is 47.5 Å². The number of fused-ring (bicyclic) bond motifs is 1. The molecule has 34 heavy (non-hydrogen) atoms. The van der Waals surface area contributed by atoms with E-state index >= 15 is 0 Å². The van der Waals surface area contributed by atoms with Crippen LogP contribution in [0.25, 0.3) is 6.08 Å². The highest BCUT2D eigenvalue weighted by atomic mass is 35.5. The molecule has 172 valence electrons. The van der Waals surface area contributed by atoms with Crippen LogP contribution >= 0.6 is 23.2 Å². The number of anilines is 2. The van der Waals surface area contributed by atoms with Gasteiger partial charge in [-0.25, -0.2) is 0 Å². The molecule has 5 rings (SSSR count). The first-order valence-corrected chi connectivity index (χ1v) is 11.6. The Hall–Kier alpha value is -3.48. The highest BCUT2D eigenvalue weighted by molar-refractivity contribution is 6.31. The molecule has 1 saturated heterocycles. The number of carbonyl (C=O) groups excluding carboxylic acids is 2. The summed E-state index contributed by atoms with van der Waals surface area (Å²) in [5.41, 5.74) is 2.82. The molecular formula is C26H21Cl2N3O3. The van der Waals surface area contributed by atoms with Crippen molar-refractivity contribution >= 4 is 52.5 Å². The Kier molecular flexibility index (Phi) is 6.18. The fourth-order valence-corrected chi connectivity index (χ4v) is 4.34. The molecule has 1 fully saturated rings. The Morgan fingerprint density at radius 1 is 0.912 bits per heavy atom. The number of halogens is 2. The van der Waals surface area contributed by atoms with E-state index < -0.39 is 0 Å². The third-order valence-corrected chi connectivity index (χ3v) is 6.31. The number of ether oxygens (including phenoxy) is 1. The standard InChI is InChI=1S/C26H21Cl2N3O3/c27-19-7-4-17(5-8-19)14-24-25(32)29-22-15-18(6-9-23(22)34-24)26(33)31-12-10-30(11-13-31)21-3-1-2-20(28)16-21/h1-9,14-16H,10-13H2,(H,29,32)/b24-14+. The van der Waals surface area contributed by atoms with E-state index in [4.69, 9.17) is 27.9 Å². The lowest BCUT2D eigenvalue weighted by molar-refractivity contribution is -0.115. The maximum absolute atomic E-state index is 13.1. The normalized spacial score (nSPS) is 16.6. The van der Waals surface area contributed by atoms with E-state index in [9.17, 15) is 9.59 Å². The number of nitrogens with one attached hydrogen (secondary N) is 1. The minimum atomic E-state index is -0.373. The van der Waals surface area contributed by atoms with Crippen LogP contribution in [0.5, 0.6) is 5.75 Å². The van der Waals surface area contributed by atoms with Crippen molar-refractivity contribution in [3.63, 3.8) is 0 Å². The van der Waals surface area contributed by atoms with E-state index in [1.165, 1.54) is 0 Å². The van der Waals surface area contributed by atoms with Crippen molar-refractivity contribution in [2.45, 2.75) is 0 Å². The summed E-state index contributed by atoms with van der Waals surface area (Å²) in [7, 11) is 0. The highest BCUT2D eigenvalue weighted by Crippen LogP contribution is 2.33. The molecule has 2 aliphatic heterocycles. The molecule has 1 N–H and O–H groups in total. The van der Waals surface area contributed by atoms with Crippen molar-refractivity contribution in [2.75, 3.05) is 36.4 Å². The van der Waals surface area contributed by atoms with Crippen molar-refractivity contribution in [1.82, 2.24) is 4.90 Å². The zero-order chi connectivity index (χ0) is 23.7. The topological polar surface area (TPSA) is 61.9 Å². The SMILES string of the molecule is O=C1Nc2cc(C(=O)N3CCN(c4cccc(Cl)c4)CC3)ccc2O/C1=C/c1ccc(Cl)cc1. The van der Waals surface area contributed by atoms with Gasteiger partial charge in [-0.2, -0.15) is 0 Å². The lowest BCUT2D eigenvalue weighted by Gasteiger charge is -2.36. The molecule has 0 aliphatic carbocycles. The van der Waals surface area contributed by atoms with E-state index in [0.29, 0.717) is 40.1 Å². The monoisotopic (exact) mass is 493 g/mol. The van der Waals surface area contributed by atoms with Gasteiger partial charge in [-0.05, 0) is 60.2 Å². The maximum Gasteiger partial charge on any atom is 0.291 e. The van der Waals surface area contributed by atoms with Gasteiger partial charge in [0.15, 0.2) is 11.5 Å². The van der Waals surface area contributed by atoms with Gasteiger partial charge in [-0.3, -0.25) is 9.59 Å². The zero-order valence-corrected chi connectivity index (χ0v) is 19.6. The summed E-state index contributed by atoms with van der Waals surface area (Å²) in [5, 5.41) is 4.13. The second-order valence-corrected chi connectivity index (χ2v) is 8.96. The molecule has 3 aromatic rings. The van der Waals surface area contributed by atoms with Crippen LogP contribution in [0.2, 0.25) is 10.0 Å². The Bertz CT molecular complexity index is 1280. The average molecular weight is 494 g/mol. The molecule has 2 heterocycles. The molecule has 0 spiro atoms. The molecule has 0 saturated carbocycles. The predicted molar refractivity (Wildman–Crippen MR) is 135 cm³/mol. The van der Waals surface area contributed by atoms with Gasteiger partial charge < -0.3 is 19.9 Å². The third kappa shape index (κ3) is 4.74. The molecule has 3 aromatic carbocycles. The quantitative estimate of drug-likeness (QED) is 0.501. The first-order chi connectivity index (χ1) is 16.5. The van der Waals surface area contributed by atoms with Gasteiger partial charge in [-0.15, -0.1) is 0 Å². The summed E-state index contributed by atoms with van der Waals surface area (Å²) in [5.74, 6) is 0.209. The van der Waals surface area contributed by atoms with Crippen molar-refractivity contribution in [3.8, 4) is 5.75 Å². The summed E-state index contributed by atoms with van der Waals surface area (Å²) in [6, 6.07) is 19.9. The molecule has 6 nitrogen and oxygen atoms in total. The molecule has 8 heteroatoms. The van der Waals surface area contributed by atoms with Crippen molar-refractivity contribution in [3.05, 3.63) is 93.7 Å². The fraction of sp³-hybridized carbons (Fsp3) is 0.154. The number of rotatable bonds is 3. The molecule has 0 unspecified atom stereocenters. The third-order valence-electron chi connectivity index (χ3n) is 5.83. The molecule has 2 amide bonds. The highest BCUT2D eigenvalue weighted by Gasteiger charge is 2.26. The summed E-state index contributed by atoms with van der Waals surface area (Å²) >= 11 is 12.0. The zero-order valence-electron chi connectivity index (χ0n) is 18.1. The molecular weight excluding hydrogens is 473 g/mol. The molecule has 2 aliphatic rings. The van der Waals surface area contributed by atoms with Crippen molar-refractivity contribution in [1.29, 1.82) is 0 Å². The van der Waals surface area contributed by atoms with Crippen LogP contribution in [0, 0.1) is 0 Å². The molecule has 0 bridgehead atoms. The van der Waals surface area contributed by atoms with Gasteiger partial charge >= 0.3 is 0 Å².